The van der Waals surface area contributed by atoms with Crippen LogP contribution >= 0.6 is 0 Å². The third-order valence-corrected chi connectivity index (χ3v) is 7.42. The molecule has 3 rings (SSSR count). The topological polar surface area (TPSA) is 101 Å². The number of nitro groups is 1. The number of para-hydroxylation sites is 1. The van der Waals surface area contributed by atoms with Crippen LogP contribution in [0.15, 0.2) is 53.4 Å². The molecule has 0 aliphatic carbocycles. The van der Waals surface area contributed by atoms with Crippen LogP contribution in [0, 0.1) is 10.1 Å². The van der Waals surface area contributed by atoms with Crippen LogP contribution in [0.5, 0.6) is 0 Å². The smallest absolute Gasteiger partial charge is 0.325 e. The van der Waals surface area contributed by atoms with Crippen molar-refractivity contribution in [3.8, 4) is 0 Å². The highest BCUT2D eigenvalue weighted by Gasteiger charge is 2.34. The molecule has 0 atom stereocenters. The number of nitro benzene ring substituents is 1. The van der Waals surface area contributed by atoms with E-state index in [9.17, 15) is 36.5 Å². The molecule has 0 radical (unpaired) electrons. The van der Waals surface area contributed by atoms with Crippen LogP contribution in [0.2, 0.25) is 0 Å². The van der Waals surface area contributed by atoms with E-state index in [2.05, 4.69) is 0 Å². The molecule has 0 unspecified atom stereocenters. The molecule has 1 heterocycles. The molecule has 1 amide bonds. The normalized spacial score (nSPS) is 15.5. The van der Waals surface area contributed by atoms with Crippen LogP contribution in [0.3, 0.4) is 0 Å². The molecule has 1 aliphatic rings. The van der Waals surface area contributed by atoms with Gasteiger partial charge in [0.25, 0.3) is 11.6 Å². The van der Waals surface area contributed by atoms with Gasteiger partial charge in [-0.15, -0.1) is 0 Å². The lowest BCUT2D eigenvalue weighted by molar-refractivity contribution is -0.385. The SMILES string of the molecule is O=C(c1ccc(S(=O)(=O)N2CCCCCC2)cc1)N(Cc1ccccc1[N+](=O)[O-])CC(F)(F)F. The average Bonchev–Trinajstić information content (AvgIpc) is 3.08. The molecule has 12 heteroatoms. The summed E-state index contributed by atoms with van der Waals surface area (Å²) in [5.74, 6) is -1.02. The number of hydrogen-bond donors (Lipinski definition) is 0. The third-order valence-electron chi connectivity index (χ3n) is 5.51. The number of carbonyl (C=O) groups is 1. The molecule has 0 bridgehead atoms. The lowest BCUT2D eigenvalue weighted by Crippen LogP contribution is -2.38. The Labute approximate surface area is 195 Å². The summed E-state index contributed by atoms with van der Waals surface area (Å²) in [6.45, 7) is -1.48. The molecule has 2 aromatic carbocycles. The van der Waals surface area contributed by atoms with E-state index in [1.54, 1.807) is 0 Å². The first-order chi connectivity index (χ1) is 16.0. The van der Waals surface area contributed by atoms with Crippen LogP contribution < -0.4 is 0 Å². The maximum Gasteiger partial charge on any atom is 0.406 e. The second-order valence-corrected chi connectivity index (χ2v) is 9.94. The molecule has 34 heavy (non-hydrogen) atoms. The molecule has 8 nitrogen and oxygen atoms in total. The van der Waals surface area contributed by atoms with Crippen molar-refractivity contribution in [1.29, 1.82) is 0 Å². The standard InChI is InChI=1S/C22H24F3N3O5S/c23-22(24,25)16-26(15-18-7-3-4-8-20(18)28(30)31)21(29)17-9-11-19(12-10-17)34(32,33)27-13-5-1-2-6-14-27/h3-4,7-12H,1-2,5-6,13-16H2. The van der Waals surface area contributed by atoms with Crippen LogP contribution in [-0.4, -0.2) is 54.3 Å². The number of carbonyl (C=O) groups excluding carboxylic acids is 1. The fraction of sp³-hybridized carbons (Fsp3) is 0.409. The van der Waals surface area contributed by atoms with Gasteiger partial charge in [-0.2, -0.15) is 17.5 Å². The Morgan fingerprint density at radius 3 is 2.15 bits per heavy atom. The first-order valence-electron chi connectivity index (χ1n) is 10.7. The molecule has 0 N–H and O–H groups in total. The fourth-order valence-corrected chi connectivity index (χ4v) is 5.34. The quantitative estimate of drug-likeness (QED) is 0.416. The Kier molecular flexibility index (Phi) is 7.93. The Morgan fingerprint density at radius 2 is 1.59 bits per heavy atom. The van der Waals surface area contributed by atoms with Crippen molar-refractivity contribution < 1.29 is 31.3 Å². The van der Waals surface area contributed by atoms with Gasteiger partial charge in [-0.3, -0.25) is 14.9 Å². The second-order valence-electron chi connectivity index (χ2n) is 8.00. The van der Waals surface area contributed by atoms with Gasteiger partial charge in [-0.05, 0) is 37.1 Å². The second kappa shape index (κ2) is 10.5. The lowest BCUT2D eigenvalue weighted by atomic mass is 10.1. The van der Waals surface area contributed by atoms with E-state index >= 15 is 0 Å². The van der Waals surface area contributed by atoms with Gasteiger partial charge in [0.1, 0.15) is 6.54 Å². The molecular weight excluding hydrogens is 475 g/mol. The first kappa shape index (κ1) is 25.6. The van der Waals surface area contributed by atoms with Gasteiger partial charge in [0.15, 0.2) is 0 Å². The summed E-state index contributed by atoms with van der Waals surface area (Å²) in [5.41, 5.74) is -0.607. The first-order valence-corrected chi connectivity index (χ1v) is 12.1. The fourth-order valence-electron chi connectivity index (χ4n) is 3.83. The highest BCUT2D eigenvalue weighted by molar-refractivity contribution is 7.89. The van der Waals surface area contributed by atoms with E-state index in [4.69, 9.17) is 0 Å². The summed E-state index contributed by atoms with van der Waals surface area (Å²) in [7, 11) is -3.79. The van der Waals surface area contributed by atoms with Crippen molar-refractivity contribution in [2.75, 3.05) is 19.6 Å². The Bertz CT molecular complexity index is 1130. The highest BCUT2D eigenvalue weighted by atomic mass is 32.2. The number of nitrogens with zero attached hydrogens (tertiary/aromatic N) is 3. The maximum absolute atomic E-state index is 13.2. The molecule has 184 valence electrons. The monoisotopic (exact) mass is 499 g/mol. The Balaban J connectivity index is 1.86. The molecule has 2 aromatic rings. The number of amides is 1. The van der Waals surface area contributed by atoms with E-state index in [1.165, 1.54) is 34.6 Å². The van der Waals surface area contributed by atoms with Crippen molar-refractivity contribution in [1.82, 2.24) is 9.21 Å². The largest absolute Gasteiger partial charge is 0.406 e. The predicted molar refractivity (Wildman–Crippen MR) is 118 cm³/mol. The predicted octanol–water partition coefficient (Wildman–Crippen LogP) is 4.36. The zero-order valence-corrected chi connectivity index (χ0v) is 19.0. The Morgan fingerprint density at radius 1 is 1.00 bits per heavy atom. The number of sulfonamides is 1. The van der Waals surface area contributed by atoms with Crippen molar-refractivity contribution in [3.05, 3.63) is 69.8 Å². The molecular formula is C22H24F3N3O5S. The molecule has 0 saturated carbocycles. The van der Waals surface area contributed by atoms with Gasteiger partial charge in [0.05, 0.1) is 16.4 Å². The van der Waals surface area contributed by atoms with E-state index < -0.39 is 45.8 Å². The molecule has 1 aliphatic heterocycles. The molecule has 0 aromatic heterocycles. The number of rotatable bonds is 7. The highest BCUT2D eigenvalue weighted by Crippen LogP contribution is 2.25. The maximum atomic E-state index is 13.2. The number of benzene rings is 2. The van der Waals surface area contributed by atoms with Gasteiger partial charge in [0.2, 0.25) is 10.0 Å². The van der Waals surface area contributed by atoms with E-state index in [0.29, 0.717) is 18.0 Å². The van der Waals surface area contributed by atoms with Crippen molar-refractivity contribution in [2.45, 2.75) is 43.3 Å². The van der Waals surface area contributed by atoms with Crippen LogP contribution in [0.1, 0.15) is 41.6 Å². The molecule has 1 saturated heterocycles. The van der Waals surface area contributed by atoms with Crippen LogP contribution in [-0.2, 0) is 16.6 Å². The minimum atomic E-state index is -4.74. The summed E-state index contributed by atoms with van der Waals surface area (Å²) in [5, 5.41) is 11.2. The van der Waals surface area contributed by atoms with Crippen LogP contribution in [0.25, 0.3) is 0 Å². The summed E-state index contributed by atoms with van der Waals surface area (Å²) < 4.78 is 66.8. The van der Waals surface area contributed by atoms with E-state index in [0.717, 1.165) is 43.9 Å². The van der Waals surface area contributed by atoms with Crippen LogP contribution in [0.4, 0.5) is 18.9 Å². The van der Waals surface area contributed by atoms with Crippen molar-refractivity contribution >= 4 is 21.6 Å². The lowest BCUT2D eigenvalue weighted by Gasteiger charge is -2.24. The summed E-state index contributed by atoms with van der Waals surface area (Å²) in [6, 6.07) is 9.96. The number of halogens is 3. The van der Waals surface area contributed by atoms with E-state index in [1.807, 2.05) is 0 Å². The zero-order valence-electron chi connectivity index (χ0n) is 18.2. The van der Waals surface area contributed by atoms with Gasteiger partial charge in [-0.1, -0.05) is 31.0 Å². The van der Waals surface area contributed by atoms with Gasteiger partial charge in [0, 0.05) is 30.3 Å². The summed E-state index contributed by atoms with van der Waals surface area (Å²) >= 11 is 0. The number of hydrogen-bond acceptors (Lipinski definition) is 5. The molecule has 0 spiro atoms. The van der Waals surface area contributed by atoms with Crippen molar-refractivity contribution in [2.24, 2.45) is 0 Å². The third kappa shape index (κ3) is 6.32. The minimum absolute atomic E-state index is 0.0491. The Hall–Kier alpha value is -2.99. The molecule has 1 fully saturated rings. The van der Waals surface area contributed by atoms with E-state index in [-0.39, 0.29) is 16.0 Å². The average molecular weight is 500 g/mol. The van der Waals surface area contributed by atoms with Gasteiger partial charge >= 0.3 is 6.18 Å². The summed E-state index contributed by atoms with van der Waals surface area (Å²) in [4.78, 5) is 23.8. The van der Waals surface area contributed by atoms with Crippen molar-refractivity contribution in [3.63, 3.8) is 0 Å². The minimum Gasteiger partial charge on any atom is -0.325 e. The van der Waals surface area contributed by atoms with Gasteiger partial charge < -0.3 is 4.90 Å². The number of alkyl halides is 3. The zero-order chi connectivity index (χ0) is 24.9. The van der Waals surface area contributed by atoms with Gasteiger partial charge in [-0.25, -0.2) is 8.42 Å². The summed E-state index contributed by atoms with van der Waals surface area (Å²) in [6.07, 6.45) is -1.38.